The Kier molecular flexibility index (Phi) is 6.86. The molecule has 0 bridgehead atoms. The average molecular weight is 348 g/mol. The van der Waals surface area contributed by atoms with Crippen LogP contribution in [0.4, 0.5) is 5.69 Å². The van der Waals surface area contributed by atoms with E-state index >= 15 is 0 Å². The summed E-state index contributed by atoms with van der Waals surface area (Å²) in [6.07, 6.45) is 1.72. The summed E-state index contributed by atoms with van der Waals surface area (Å²) in [5, 5.41) is 0.979. The van der Waals surface area contributed by atoms with Gasteiger partial charge in [0.1, 0.15) is 0 Å². The van der Waals surface area contributed by atoms with Crippen LogP contribution in [0.25, 0.3) is 0 Å². The summed E-state index contributed by atoms with van der Waals surface area (Å²) in [6.45, 7) is 5.89. The van der Waals surface area contributed by atoms with E-state index in [9.17, 15) is 8.42 Å². The Bertz CT molecular complexity index is 471. The van der Waals surface area contributed by atoms with Crippen molar-refractivity contribution < 1.29 is 8.42 Å². The summed E-state index contributed by atoms with van der Waals surface area (Å²) in [5.41, 5.74) is 1.08. The first-order valence-corrected chi connectivity index (χ1v) is 9.46. The number of anilines is 1. The maximum absolute atomic E-state index is 11.9. The molecule has 0 radical (unpaired) electrons. The summed E-state index contributed by atoms with van der Waals surface area (Å²) in [5.74, 6) is 0.216. The predicted molar refractivity (Wildman–Crippen MR) is 85.1 cm³/mol. The Morgan fingerprint density at radius 1 is 1.16 bits per heavy atom. The van der Waals surface area contributed by atoms with Gasteiger partial charge in [-0.2, -0.15) is 0 Å². The van der Waals surface area contributed by atoms with Gasteiger partial charge in [-0.1, -0.05) is 22.9 Å². The first-order chi connectivity index (χ1) is 9.05. The lowest BCUT2D eigenvalue weighted by atomic mass is 10.2. The minimum absolute atomic E-state index is 0.216. The van der Waals surface area contributed by atoms with Gasteiger partial charge in [0.15, 0.2) is 9.84 Å². The van der Waals surface area contributed by atoms with Gasteiger partial charge >= 0.3 is 0 Å². The van der Waals surface area contributed by atoms with Gasteiger partial charge in [-0.15, -0.1) is 0 Å². The molecule has 0 N–H and O–H groups in total. The fourth-order valence-corrected chi connectivity index (χ4v) is 3.55. The molecule has 1 aromatic carbocycles. The number of rotatable bonds is 8. The summed E-state index contributed by atoms with van der Waals surface area (Å²) in [4.78, 5) is 2.67. The van der Waals surface area contributed by atoms with E-state index in [-0.39, 0.29) is 5.75 Å². The van der Waals surface area contributed by atoms with Crippen molar-refractivity contribution in [3.8, 4) is 0 Å². The lowest BCUT2D eigenvalue weighted by Gasteiger charge is -2.22. The van der Waals surface area contributed by atoms with Crippen molar-refractivity contribution in [2.24, 2.45) is 0 Å². The van der Waals surface area contributed by atoms with Crippen molar-refractivity contribution in [3.05, 3.63) is 24.3 Å². The summed E-state index contributed by atoms with van der Waals surface area (Å²) >= 11 is 3.43. The lowest BCUT2D eigenvalue weighted by Crippen LogP contribution is -2.24. The van der Waals surface area contributed by atoms with Gasteiger partial charge in [-0.3, -0.25) is 0 Å². The monoisotopic (exact) mass is 347 g/mol. The molecule has 1 aromatic rings. The second kappa shape index (κ2) is 7.90. The van der Waals surface area contributed by atoms with E-state index in [4.69, 9.17) is 0 Å². The Hall–Kier alpha value is -0.550. The van der Waals surface area contributed by atoms with E-state index in [0.717, 1.165) is 30.5 Å². The third-order valence-corrected chi connectivity index (χ3v) is 5.47. The molecule has 0 aliphatic carbocycles. The number of sulfone groups is 1. The number of nitrogens with zero attached hydrogens (tertiary/aromatic N) is 1. The van der Waals surface area contributed by atoms with Crippen molar-refractivity contribution in [1.29, 1.82) is 0 Å². The molecular formula is C14H22BrNO2S. The molecular weight excluding hydrogens is 326 g/mol. The molecule has 0 aliphatic heterocycles. The fraction of sp³-hybridized carbons (Fsp3) is 0.571. The Morgan fingerprint density at radius 3 is 2.26 bits per heavy atom. The molecule has 0 amide bonds. The highest BCUT2D eigenvalue weighted by molar-refractivity contribution is 9.09. The van der Waals surface area contributed by atoms with E-state index in [0.29, 0.717) is 11.3 Å². The molecule has 0 saturated heterocycles. The van der Waals surface area contributed by atoms with Crippen LogP contribution in [0.15, 0.2) is 29.2 Å². The smallest absolute Gasteiger partial charge is 0.178 e. The van der Waals surface area contributed by atoms with Crippen molar-refractivity contribution in [3.63, 3.8) is 0 Å². The first kappa shape index (κ1) is 16.5. The lowest BCUT2D eigenvalue weighted by molar-refractivity contribution is 0.594. The highest BCUT2D eigenvalue weighted by Crippen LogP contribution is 2.19. The topological polar surface area (TPSA) is 37.4 Å². The molecule has 108 valence electrons. The summed E-state index contributed by atoms with van der Waals surface area (Å²) < 4.78 is 23.9. The molecule has 0 fully saturated rings. The van der Waals surface area contributed by atoms with Crippen LogP contribution in [0.5, 0.6) is 0 Å². The minimum atomic E-state index is -3.10. The quantitative estimate of drug-likeness (QED) is 0.675. The molecule has 0 saturated carbocycles. The van der Waals surface area contributed by atoms with Crippen LogP contribution in [-0.2, 0) is 9.84 Å². The highest BCUT2D eigenvalue weighted by Gasteiger charge is 2.13. The number of alkyl halides is 1. The minimum Gasteiger partial charge on any atom is -0.372 e. The summed E-state index contributed by atoms with van der Waals surface area (Å²) in [6, 6.07) is 7.24. The fourth-order valence-electron chi connectivity index (χ4n) is 1.97. The third kappa shape index (κ3) is 4.80. The van der Waals surface area contributed by atoms with E-state index in [1.165, 1.54) is 0 Å². The molecule has 0 unspecified atom stereocenters. The van der Waals surface area contributed by atoms with Crippen molar-refractivity contribution in [1.82, 2.24) is 0 Å². The van der Waals surface area contributed by atoms with Gasteiger partial charge in [0.2, 0.25) is 0 Å². The van der Waals surface area contributed by atoms with E-state index in [1.54, 1.807) is 12.1 Å². The normalized spacial score (nSPS) is 11.5. The Labute approximate surface area is 125 Å². The van der Waals surface area contributed by atoms with Gasteiger partial charge in [-0.05, 0) is 44.0 Å². The second-order valence-electron chi connectivity index (χ2n) is 4.43. The van der Waals surface area contributed by atoms with Crippen LogP contribution in [0.2, 0.25) is 0 Å². The zero-order valence-corrected chi connectivity index (χ0v) is 14.0. The van der Waals surface area contributed by atoms with Crippen LogP contribution >= 0.6 is 15.9 Å². The zero-order valence-electron chi connectivity index (χ0n) is 11.6. The number of benzene rings is 1. The van der Waals surface area contributed by atoms with Crippen molar-refractivity contribution in [2.45, 2.75) is 31.6 Å². The standard InChI is InChI=1S/C14H22BrNO2S/c1-3-12-19(17,18)14-8-6-13(7-9-14)16(4-2)11-5-10-15/h6-9H,3-5,10-12H2,1-2H3. The Balaban J connectivity index is 2.86. The molecule has 0 aliphatic rings. The van der Waals surface area contributed by atoms with E-state index in [1.807, 2.05) is 19.1 Å². The molecule has 0 heterocycles. The first-order valence-electron chi connectivity index (χ1n) is 6.69. The van der Waals surface area contributed by atoms with Crippen LogP contribution in [-0.4, -0.2) is 32.6 Å². The number of halogens is 1. The number of hydrogen-bond acceptors (Lipinski definition) is 3. The maximum Gasteiger partial charge on any atom is 0.178 e. The van der Waals surface area contributed by atoms with Gasteiger partial charge in [-0.25, -0.2) is 8.42 Å². The molecule has 0 atom stereocenters. The highest BCUT2D eigenvalue weighted by atomic mass is 79.9. The third-order valence-electron chi connectivity index (χ3n) is 2.98. The average Bonchev–Trinajstić information content (AvgIpc) is 2.40. The van der Waals surface area contributed by atoms with Gasteiger partial charge < -0.3 is 4.90 Å². The molecule has 3 nitrogen and oxygen atoms in total. The van der Waals surface area contributed by atoms with Crippen LogP contribution in [0, 0.1) is 0 Å². The van der Waals surface area contributed by atoms with Crippen LogP contribution < -0.4 is 4.90 Å². The van der Waals surface area contributed by atoms with Crippen molar-refractivity contribution >= 4 is 31.5 Å². The van der Waals surface area contributed by atoms with Gasteiger partial charge in [0.25, 0.3) is 0 Å². The Morgan fingerprint density at radius 2 is 1.79 bits per heavy atom. The summed E-state index contributed by atoms with van der Waals surface area (Å²) in [7, 11) is -3.10. The predicted octanol–water partition coefficient (Wildman–Crippen LogP) is 3.48. The van der Waals surface area contributed by atoms with Gasteiger partial charge in [0, 0.05) is 24.1 Å². The molecule has 19 heavy (non-hydrogen) atoms. The van der Waals surface area contributed by atoms with Crippen LogP contribution in [0.1, 0.15) is 26.7 Å². The molecule has 0 spiro atoms. The molecule has 5 heteroatoms. The van der Waals surface area contributed by atoms with Crippen LogP contribution in [0.3, 0.4) is 0 Å². The number of hydrogen-bond donors (Lipinski definition) is 0. The molecule has 1 rings (SSSR count). The molecule has 0 aromatic heterocycles. The van der Waals surface area contributed by atoms with E-state index < -0.39 is 9.84 Å². The SMILES string of the molecule is CCCS(=O)(=O)c1ccc(N(CC)CCCBr)cc1. The second-order valence-corrected chi connectivity index (χ2v) is 7.34. The largest absolute Gasteiger partial charge is 0.372 e. The van der Waals surface area contributed by atoms with Crippen molar-refractivity contribution in [2.75, 3.05) is 29.1 Å². The van der Waals surface area contributed by atoms with E-state index in [2.05, 4.69) is 27.8 Å². The van der Waals surface area contributed by atoms with Gasteiger partial charge in [0.05, 0.1) is 10.6 Å². The zero-order chi connectivity index (χ0) is 14.3. The maximum atomic E-state index is 11.9.